The van der Waals surface area contributed by atoms with Gasteiger partial charge in [-0.1, -0.05) is 11.6 Å². The monoisotopic (exact) mass is 179 g/mol. The van der Waals surface area contributed by atoms with Gasteiger partial charge in [0.15, 0.2) is 10.9 Å². The average molecular weight is 180 g/mol. The number of nitrogens with zero attached hydrogens (tertiary/aromatic N) is 1. The van der Waals surface area contributed by atoms with E-state index in [1.165, 1.54) is 0 Å². The Morgan fingerprint density at radius 2 is 2.18 bits per heavy atom. The quantitative estimate of drug-likeness (QED) is 0.672. The van der Waals surface area contributed by atoms with Gasteiger partial charge in [0.25, 0.3) is 6.43 Å². The Bertz CT molecular complexity index is 267. The van der Waals surface area contributed by atoms with Gasteiger partial charge >= 0.3 is 0 Å². The molecule has 0 atom stereocenters. The second-order valence-electron chi connectivity index (χ2n) is 1.88. The van der Waals surface area contributed by atoms with Gasteiger partial charge in [-0.3, -0.25) is 0 Å². The highest BCUT2D eigenvalue weighted by atomic mass is 35.5. The van der Waals surface area contributed by atoms with Gasteiger partial charge in [0, 0.05) is 11.8 Å². The number of hydrogen-bond donors (Lipinski definition) is 1. The second-order valence-corrected chi connectivity index (χ2v) is 2.24. The summed E-state index contributed by atoms with van der Waals surface area (Å²) in [6, 6.07) is 0.889. The molecule has 2 nitrogen and oxygen atoms in total. The van der Waals surface area contributed by atoms with Crippen LogP contribution in [-0.2, 0) is 0 Å². The topological polar surface area (TPSA) is 33.1 Å². The first-order chi connectivity index (χ1) is 5.11. The minimum absolute atomic E-state index is 0.172. The predicted molar refractivity (Wildman–Crippen MR) is 35.9 cm³/mol. The molecule has 0 bridgehead atoms. The van der Waals surface area contributed by atoms with Crippen LogP contribution in [0.25, 0.3) is 0 Å². The number of rotatable bonds is 1. The number of aromatic nitrogens is 1. The van der Waals surface area contributed by atoms with Crippen LogP contribution in [0.2, 0.25) is 5.15 Å². The third-order valence-corrected chi connectivity index (χ3v) is 1.38. The van der Waals surface area contributed by atoms with Crippen molar-refractivity contribution >= 4 is 11.6 Å². The Morgan fingerprint density at radius 3 is 2.64 bits per heavy atom. The molecule has 0 fully saturated rings. The Balaban J connectivity index is 3.05. The highest BCUT2D eigenvalue weighted by Gasteiger charge is 2.09. The van der Waals surface area contributed by atoms with Crippen LogP contribution in [0.1, 0.15) is 12.0 Å². The summed E-state index contributed by atoms with van der Waals surface area (Å²) in [6.45, 7) is 0. The smallest absolute Gasteiger partial charge is 0.265 e. The molecule has 1 aromatic rings. The fourth-order valence-electron chi connectivity index (χ4n) is 0.571. The summed E-state index contributed by atoms with van der Waals surface area (Å²) in [4.78, 5) is 3.34. The third-order valence-electron chi connectivity index (χ3n) is 1.09. The van der Waals surface area contributed by atoms with E-state index in [-0.39, 0.29) is 10.7 Å². The summed E-state index contributed by atoms with van der Waals surface area (Å²) in [7, 11) is 0. The lowest BCUT2D eigenvalue weighted by Crippen LogP contribution is -1.85. The molecule has 0 aliphatic rings. The molecule has 1 rings (SSSR count). The second kappa shape index (κ2) is 3.00. The van der Waals surface area contributed by atoms with E-state index in [0.717, 1.165) is 12.3 Å². The standard InChI is InChI=1S/C6H4ClF2NO/c7-5-4(11)1-3(2-10-5)6(8)9/h1-2,6,11H. The Morgan fingerprint density at radius 1 is 1.55 bits per heavy atom. The van der Waals surface area contributed by atoms with Crippen molar-refractivity contribution in [3.8, 4) is 5.75 Å². The van der Waals surface area contributed by atoms with E-state index < -0.39 is 12.2 Å². The molecule has 0 saturated carbocycles. The Hall–Kier alpha value is -0.900. The van der Waals surface area contributed by atoms with Gasteiger partial charge in [0.05, 0.1) is 0 Å². The van der Waals surface area contributed by atoms with Gasteiger partial charge in [-0.2, -0.15) is 0 Å². The van der Waals surface area contributed by atoms with Crippen LogP contribution in [0.15, 0.2) is 12.3 Å². The molecule has 0 radical (unpaired) electrons. The van der Waals surface area contributed by atoms with E-state index in [9.17, 15) is 8.78 Å². The molecule has 0 amide bonds. The minimum Gasteiger partial charge on any atom is -0.505 e. The van der Waals surface area contributed by atoms with Crippen molar-refractivity contribution in [2.45, 2.75) is 6.43 Å². The van der Waals surface area contributed by atoms with Crippen molar-refractivity contribution in [2.24, 2.45) is 0 Å². The van der Waals surface area contributed by atoms with Crippen molar-refractivity contribution in [1.82, 2.24) is 4.98 Å². The van der Waals surface area contributed by atoms with Crippen LogP contribution in [0.5, 0.6) is 5.75 Å². The molecule has 0 spiro atoms. The van der Waals surface area contributed by atoms with Gasteiger partial charge in [0.1, 0.15) is 0 Å². The van der Waals surface area contributed by atoms with E-state index in [0.29, 0.717) is 0 Å². The van der Waals surface area contributed by atoms with Crippen LogP contribution in [0.3, 0.4) is 0 Å². The van der Waals surface area contributed by atoms with Crippen molar-refractivity contribution in [2.75, 3.05) is 0 Å². The Labute approximate surface area is 66.4 Å². The highest BCUT2D eigenvalue weighted by Crippen LogP contribution is 2.26. The lowest BCUT2D eigenvalue weighted by molar-refractivity contribution is 0.150. The molecule has 0 unspecified atom stereocenters. The molecule has 0 aliphatic heterocycles. The maximum absolute atomic E-state index is 11.9. The van der Waals surface area contributed by atoms with E-state index in [1.54, 1.807) is 0 Å². The summed E-state index contributed by atoms with van der Waals surface area (Å²) in [5.41, 5.74) is -0.341. The van der Waals surface area contributed by atoms with Crippen LogP contribution >= 0.6 is 11.6 Å². The summed E-state index contributed by atoms with van der Waals surface area (Å²) in [6.07, 6.45) is -1.71. The number of pyridine rings is 1. The fraction of sp³-hybridized carbons (Fsp3) is 0.167. The zero-order chi connectivity index (χ0) is 8.43. The van der Waals surface area contributed by atoms with Crippen LogP contribution in [-0.4, -0.2) is 10.1 Å². The number of alkyl halides is 2. The molecule has 0 aliphatic carbocycles. The molecule has 5 heteroatoms. The Kier molecular flexibility index (Phi) is 2.24. The maximum atomic E-state index is 11.9. The van der Waals surface area contributed by atoms with Crippen molar-refractivity contribution in [3.05, 3.63) is 23.0 Å². The zero-order valence-electron chi connectivity index (χ0n) is 5.26. The molecule has 60 valence electrons. The molecule has 11 heavy (non-hydrogen) atoms. The highest BCUT2D eigenvalue weighted by molar-refractivity contribution is 6.30. The van der Waals surface area contributed by atoms with Gasteiger partial charge in [-0.25, -0.2) is 13.8 Å². The molecular formula is C6H4ClF2NO. The van der Waals surface area contributed by atoms with Crippen LogP contribution < -0.4 is 0 Å². The van der Waals surface area contributed by atoms with E-state index >= 15 is 0 Å². The average Bonchev–Trinajstić information content (AvgIpc) is 1.94. The molecule has 1 heterocycles. The van der Waals surface area contributed by atoms with E-state index in [4.69, 9.17) is 16.7 Å². The molecule has 0 saturated heterocycles. The summed E-state index contributed by atoms with van der Waals surface area (Å²) in [5, 5.41) is 8.65. The largest absolute Gasteiger partial charge is 0.505 e. The molecule has 1 N–H and O–H groups in total. The predicted octanol–water partition coefficient (Wildman–Crippen LogP) is 2.38. The normalized spacial score (nSPS) is 10.5. The van der Waals surface area contributed by atoms with Gasteiger partial charge < -0.3 is 5.11 Å². The molecular weight excluding hydrogens is 176 g/mol. The lowest BCUT2D eigenvalue weighted by atomic mass is 10.3. The van der Waals surface area contributed by atoms with Crippen molar-refractivity contribution in [3.63, 3.8) is 0 Å². The number of aromatic hydroxyl groups is 1. The van der Waals surface area contributed by atoms with Crippen molar-refractivity contribution < 1.29 is 13.9 Å². The number of halogens is 3. The van der Waals surface area contributed by atoms with Crippen LogP contribution in [0, 0.1) is 0 Å². The minimum atomic E-state index is -2.63. The summed E-state index contributed by atoms with van der Waals surface area (Å²) in [5.74, 6) is -0.426. The first kappa shape index (κ1) is 8.20. The van der Waals surface area contributed by atoms with Gasteiger partial charge in [-0.15, -0.1) is 0 Å². The van der Waals surface area contributed by atoms with E-state index in [1.807, 2.05) is 0 Å². The van der Waals surface area contributed by atoms with Gasteiger partial charge in [0.2, 0.25) is 0 Å². The molecule has 1 aromatic heterocycles. The van der Waals surface area contributed by atoms with Crippen molar-refractivity contribution in [1.29, 1.82) is 0 Å². The molecule has 0 aromatic carbocycles. The summed E-state index contributed by atoms with van der Waals surface area (Å²) < 4.78 is 23.8. The van der Waals surface area contributed by atoms with Gasteiger partial charge in [-0.05, 0) is 6.07 Å². The lowest BCUT2D eigenvalue weighted by Gasteiger charge is -1.99. The summed E-state index contributed by atoms with van der Waals surface area (Å²) >= 11 is 5.28. The maximum Gasteiger partial charge on any atom is 0.265 e. The first-order valence-electron chi connectivity index (χ1n) is 2.74. The van der Waals surface area contributed by atoms with Crippen LogP contribution in [0.4, 0.5) is 8.78 Å². The number of hydrogen-bond acceptors (Lipinski definition) is 2. The fourth-order valence-corrected chi connectivity index (χ4v) is 0.675. The SMILES string of the molecule is Oc1cc(C(F)F)cnc1Cl. The zero-order valence-corrected chi connectivity index (χ0v) is 6.02. The first-order valence-corrected chi connectivity index (χ1v) is 3.11. The van der Waals surface area contributed by atoms with E-state index in [2.05, 4.69) is 4.98 Å². The third kappa shape index (κ3) is 1.77.